The number of aromatic amines is 1. The van der Waals surface area contributed by atoms with Gasteiger partial charge in [-0.05, 0) is 56.1 Å². The Morgan fingerprint density at radius 2 is 2.03 bits per heavy atom. The van der Waals surface area contributed by atoms with Gasteiger partial charge in [0.05, 0.1) is 29.4 Å². The summed E-state index contributed by atoms with van der Waals surface area (Å²) in [5, 5.41) is 4.12. The number of hydrogen-bond donors (Lipinski definition) is 2. The quantitative estimate of drug-likeness (QED) is 0.473. The Kier molecular flexibility index (Phi) is 5.54. The molecule has 0 saturated carbocycles. The van der Waals surface area contributed by atoms with Gasteiger partial charge in [-0.3, -0.25) is 4.79 Å². The molecule has 0 radical (unpaired) electrons. The average molecular weight is 447 g/mol. The standard InChI is InChI=1S/C25H30N6O2/c1-5-30-7-6-17(13-30)26-21-11-20-19(10-22(21)33-4)25(32)29-23(28-20)9-18-14-31-12-16(3)15(2)8-24(31)27-18/h8,10-12,14,17,26H,5-7,9,13H2,1-4H3,(H,28,29,32)/t17-/m1/s1. The van der Waals surface area contributed by atoms with E-state index in [2.05, 4.69) is 48.2 Å². The molecular formula is C25H30N6O2. The Balaban J connectivity index is 1.47. The maximum Gasteiger partial charge on any atom is 0.258 e. The molecule has 4 heterocycles. The smallest absolute Gasteiger partial charge is 0.258 e. The van der Waals surface area contributed by atoms with Gasteiger partial charge in [-0.15, -0.1) is 0 Å². The van der Waals surface area contributed by atoms with Crippen LogP contribution in [0.5, 0.6) is 5.75 Å². The van der Waals surface area contributed by atoms with Crippen molar-refractivity contribution < 1.29 is 4.74 Å². The van der Waals surface area contributed by atoms with Crippen LogP contribution in [0, 0.1) is 13.8 Å². The Bertz CT molecular complexity index is 1350. The van der Waals surface area contributed by atoms with Crippen molar-refractivity contribution >= 4 is 22.2 Å². The predicted molar refractivity (Wildman–Crippen MR) is 131 cm³/mol. The van der Waals surface area contributed by atoms with Crippen molar-refractivity contribution in [2.75, 3.05) is 32.1 Å². The van der Waals surface area contributed by atoms with Crippen LogP contribution in [0.25, 0.3) is 16.6 Å². The summed E-state index contributed by atoms with van der Waals surface area (Å²) in [6.07, 6.45) is 5.60. The molecule has 1 atom stereocenters. The van der Waals surface area contributed by atoms with Crippen molar-refractivity contribution in [3.63, 3.8) is 0 Å². The molecule has 172 valence electrons. The van der Waals surface area contributed by atoms with Crippen LogP contribution >= 0.6 is 0 Å². The van der Waals surface area contributed by atoms with E-state index in [1.807, 2.05) is 16.7 Å². The lowest BCUT2D eigenvalue weighted by Crippen LogP contribution is -2.26. The van der Waals surface area contributed by atoms with Gasteiger partial charge in [-0.25, -0.2) is 9.97 Å². The van der Waals surface area contributed by atoms with Crippen molar-refractivity contribution in [2.45, 2.75) is 39.7 Å². The van der Waals surface area contributed by atoms with E-state index in [1.165, 1.54) is 11.1 Å². The molecule has 8 nitrogen and oxygen atoms in total. The normalized spacial score (nSPS) is 16.7. The number of likely N-dealkylation sites (tertiary alicyclic amines) is 1. The topological polar surface area (TPSA) is 87.5 Å². The molecule has 0 bridgehead atoms. The second-order valence-electron chi connectivity index (χ2n) is 8.92. The zero-order valence-electron chi connectivity index (χ0n) is 19.6. The van der Waals surface area contributed by atoms with Crippen molar-refractivity contribution in [3.8, 4) is 5.75 Å². The maximum atomic E-state index is 12.9. The highest BCUT2D eigenvalue weighted by atomic mass is 16.5. The lowest BCUT2D eigenvalue weighted by Gasteiger charge is -2.18. The second kappa shape index (κ2) is 8.51. The third kappa shape index (κ3) is 4.18. The van der Waals surface area contributed by atoms with Crippen molar-refractivity contribution in [1.82, 2.24) is 24.3 Å². The van der Waals surface area contributed by atoms with E-state index in [4.69, 9.17) is 14.7 Å². The average Bonchev–Trinajstić information content (AvgIpc) is 3.39. The zero-order valence-corrected chi connectivity index (χ0v) is 19.6. The lowest BCUT2D eigenvalue weighted by atomic mass is 10.1. The minimum atomic E-state index is -0.173. The first-order valence-electron chi connectivity index (χ1n) is 11.5. The highest BCUT2D eigenvalue weighted by molar-refractivity contribution is 5.85. The number of aromatic nitrogens is 4. The highest BCUT2D eigenvalue weighted by Crippen LogP contribution is 2.30. The molecule has 1 aliphatic rings. The van der Waals surface area contributed by atoms with E-state index in [0.29, 0.717) is 34.9 Å². The van der Waals surface area contributed by atoms with Gasteiger partial charge in [-0.2, -0.15) is 0 Å². The predicted octanol–water partition coefficient (Wildman–Crippen LogP) is 3.29. The molecule has 1 saturated heterocycles. The van der Waals surface area contributed by atoms with Gasteiger partial charge < -0.3 is 24.3 Å². The summed E-state index contributed by atoms with van der Waals surface area (Å²) < 4.78 is 7.60. The Hall–Kier alpha value is -3.39. The number of benzene rings is 1. The summed E-state index contributed by atoms with van der Waals surface area (Å²) in [5.41, 5.74) is 5.52. The molecule has 4 aromatic rings. The summed E-state index contributed by atoms with van der Waals surface area (Å²) >= 11 is 0. The molecule has 0 spiro atoms. The molecule has 3 aromatic heterocycles. The lowest BCUT2D eigenvalue weighted by molar-refractivity contribution is 0.355. The van der Waals surface area contributed by atoms with Crippen LogP contribution in [-0.2, 0) is 6.42 Å². The van der Waals surface area contributed by atoms with Crippen molar-refractivity contribution in [2.24, 2.45) is 0 Å². The van der Waals surface area contributed by atoms with E-state index in [1.54, 1.807) is 13.2 Å². The first kappa shape index (κ1) is 21.5. The fourth-order valence-electron chi connectivity index (χ4n) is 4.58. The van der Waals surface area contributed by atoms with Gasteiger partial charge in [-0.1, -0.05) is 6.92 Å². The van der Waals surface area contributed by atoms with Crippen LogP contribution in [0.3, 0.4) is 0 Å². The van der Waals surface area contributed by atoms with Crippen LogP contribution in [0.15, 0.2) is 35.4 Å². The van der Waals surface area contributed by atoms with Crippen LogP contribution in [0.2, 0.25) is 0 Å². The van der Waals surface area contributed by atoms with Crippen LogP contribution in [0.1, 0.15) is 36.0 Å². The minimum Gasteiger partial charge on any atom is -0.495 e. The molecule has 1 fully saturated rings. The molecule has 1 aromatic carbocycles. The number of pyridine rings is 1. The number of hydrogen-bond acceptors (Lipinski definition) is 6. The summed E-state index contributed by atoms with van der Waals surface area (Å²) in [5.74, 6) is 1.25. The van der Waals surface area contributed by atoms with Crippen LogP contribution in [-0.4, -0.2) is 57.0 Å². The van der Waals surface area contributed by atoms with Gasteiger partial charge in [0, 0.05) is 37.9 Å². The second-order valence-corrected chi connectivity index (χ2v) is 8.92. The number of imidazole rings is 1. The van der Waals surface area contributed by atoms with E-state index in [9.17, 15) is 4.79 Å². The first-order chi connectivity index (χ1) is 15.9. The number of aryl methyl sites for hydroxylation is 2. The fourth-order valence-corrected chi connectivity index (χ4v) is 4.58. The van der Waals surface area contributed by atoms with Gasteiger partial charge in [0.2, 0.25) is 0 Å². The highest BCUT2D eigenvalue weighted by Gasteiger charge is 2.22. The fraction of sp³-hybridized carbons (Fsp3) is 0.400. The Morgan fingerprint density at radius 3 is 2.79 bits per heavy atom. The minimum absolute atomic E-state index is 0.173. The largest absolute Gasteiger partial charge is 0.495 e. The van der Waals surface area contributed by atoms with Crippen LogP contribution in [0.4, 0.5) is 5.69 Å². The summed E-state index contributed by atoms with van der Waals surface area (Å²) in [4.78, 5) is 27.7. The SMILES string of the molecule is CCN1CC[C@@H](Nc2cc3nc(Cc4cn5cc(C)c(C)cc5n4)[nH]c(=O)c3cc2OC)C1. The van der Waals surface area contributed by atoms with Gasteiger partial charge in [0.15, 0.2) is 0 Å². The molecule has 8 heteroatoms. The van der Waals surface area contributed by atoms with Gasteiger partial charge in [0.25, 0.3) is 5.56 Å². The summed E-state index contributed by atoms with van der Waals surface area (Å²) in [7, 11) is 1.63. The molecule has 1 aliphatic heterocycles. The zero-order chi connectivity index (χ0) is 23.1. The van der Waals surface area contributed by atoms with Crippen molar-refractivity contribution in [3.05, 3.63) is 63.6 Å². The molecule has 0 aliphatic carbocycles. The third-order valence-corrected chi connectivity index (χ3v) is 6.61. The van der Waals surface area contributed by atoms with Crippen molar-refractivity contribution in [1.29, 1.82) is 0 Å². The third-order valence-electron chi connectivity index (χ3n) is 6.61. The van der Waals surface area contributed by atoms with Crippen LogP contribution < -0.4 is 15.6 Å². The number of H-pyrrole nitrogens is 1. The maximum absolute atomic E-state index is 12.9. The number of anilines is 1. The van der Waals surface area contributed by atoms with E-state index < -0.39 is 0 Å². The monoisotopic (exact) mass is 446 g/mol. The molecule has 0 amide bonds. The van der Waals surface area contributed by atoms with Gasteiger partial charge in [0.1, 0.15) is 17.2 Å². The number of likely N-dealkylation sites (N-methyl/N-ethyl adjacent to an activating group) is 1. The first-order valence-corrected chi connectivity index (χ1v) is 11.5. The number of methoxy groups -OCH3 is 1. The molecular weight excluding hydrogens is 416 g/mol. The number of nitrogens with zero attached hydrogens (tertiary/aromatic N) is 4. The number of ether oxygens (including phenoxy) is 1. The number of fused-ring (bicyclic) bond motifs is 2. The number of nitrogens with one attached hydrogen (secondary N) is 2. The van der Waals surface area contributed by atoms with Gasteiger partial charge >= 0.3 is 0 Å². The molecule has 2 N–H and O–H groups in total. The molecule has 0 unspecified atom stereocenters. The molecule has 33 heavy (non-hydrogen) atoms. The Labute approximate surface area is 192 Å². The van der Waals surface area contributed by atoms with E-state index in [-0.39, 0.29) is 5.56 Å². The summed E-state index contributed by atoms with van der Waals surface area (Å²) in [6.45, 7) is 9.49. The summed E-state index contributed by atoms with van der Waals surface area (Å²) in [6, 6.07) is 6.12. The molecule has 5 rings (SSSR count). The number of rotatable bonds is 6. The Morgan fingerprint density at radius 1 is 1.18 bits per heavy atom. The van der Waals surface area contributed by atoms with E-state index in [0.717, 1.165) is 43.1 Å². The van der Waals surface area contributed by atoms with E-state index >= 15 is 0 Å².